The molecule has 1 aliphatic heterocycles. The predicted octanol–water partition coefficient (Wildman–Crippen LogP) is 0.786. The second kappa shape index (κ2) is 5.36. The summed E-state index contributed by atoms with van der Waals surface area (Å²) in [6.07, 6.45) is 0.154. The monoisotopic (exact) mass is 326 g/mol. The molecule has 1 aromatic carbocycles. The third-order valence-electron chi connectivity index (χ3n) is 3.10. The Morgan fingerprint density at radius 2 is 2.00 bits per heavy atom. The summed E-state index contributed by atoms with van der Waals surface area (Å²) in [5.74, 6) is -2.08. The van der Waals surface area contributed by atoms with Gasteiger partial charge < -0.3 is 10.1 Å². The number of sulfonamides is 1. The molecule has 1 unspecified atom stereocenters. The molecule has 22 heavy (non-hydrogen) atoms. The highest BCUT2D eigenvalue weighted by atomic mass is 32.2. The van der Waals surface area contributed by atoms with Crippen molar-refractivity contribution in [2.24, 2.45) is 11.1 Å². The number of nitrogens with one attached hydrogen (secondary N) is 1. The largest absolute Gasteiger partial charge is 0.459 e. The molecule has 0 spiro atoms. The Balaban J connectivity index is 2.28. The number of benzene rings is 1. The van der Waals surface area contributed by atoms with E-state index in [1.54, 1.807) is 20.8 Å². The Hall–Kier alpha value is -1.93. The van der Waals surface area contributed by atoms with Crippen LogP contribution in [0, 0.1) is 5.92 Å². The van der Waals surface area contributed by atoms with Gasteiger partial charge in [-0.05, 0) is 44.9 Å². The Morgan fingerprint density at radius 3 is 2.55 bits per heavy atom. The fourth-order valence-electron chi connectivity index (χ4n) is 2.12. The molecule has 1 atom stereocenters. The van der Waals surface area contributed by atoms with Crippen molar-refractivity contribution in [3.05, 3.63) is 23.8 Å². The van der Waals surface area contributed by atoms with Gasteiger partial charge in [0.2, 0.25) is 15.9 Å². The molecule has 0 saturated carbocycles. The van der Waals surface area contributed by atoms with E-state index in [0.29, 0.717) is 11.3 Å². The first-order valence-corrected chi connectivity index (χ1v) is 8.21. The normalized spacial score (nSPS) is 18.4. The maximum Gasteiger partial charge on any atom is 0.319 e. The summed E-state index contributed by atoms with van der Waals surface area (Å²) < 4.78 is 27.9. The number of ether oxygens (including phenoxy) is 1. The van der Waals surface area contributed by atoms with Gasteiger partial charge in [0.15, 0.2) is 0 Å². The van der Waals surface area contributed by atoms with Gasteiger partial charge in [-0.1, -0.05) is 6.07 Å². The molecule has 7 nitrogen and oxygen atoms in total. The number of carbonyl (C=O) groups excluding carboxylic acids is 2. The van der Waals surface area contributed by atoms with Crippen LogP contribution in [0.5, 0.6) is 0 Å². The summed E-state index contributed by atoms with van der Waals surface area (Å²) >= 11 is 0. The molecule has 0 bridgehead atoms. The first kappa shape index (κ1) is 16.4. The zero-order valence-electron chi connectivity index (χ0n) is 12.5. The van der Waals surface area contributed by atoms with Crippen molar-refractivity contribution in [2.45, 2.75) is 37.7 Å². The lowest BCUT2D eigenvalue weighted by atomic mass is 9.93. The van der Waals surface area contributed by atoms with Crippen LogP contribution in [0.2, 0.25) is 0 Å². The van der Waals surface area contributed by atoms with Gasteiger partial charge in [-0.3, -0.25) is 9.59 Å². The standard InChI is InChI=1S/C14H18N2O5S/c1-14(2,3)21-13(18)10-6-8-4-5-9(22(15,19)20)7-11(8)16-12(10)17/h4-5,7,10H,6H2,1-3H3,(H,16,17)(H2,15,19,20). The van der Waals surface area contributed by atoms with E-state index in [1.807, 2.05) is 0 Å². The van der Waals surface area contributed by atoms with Gasteiger partial charge in [-0.25, -0.2) is 13.6 Å². The quantitative estimate of drug-likeness (QED) is 0.615. The van der Waals surface area contributed by atoms with Gasteiger partial charge in [0.05, 0.1) is 4.90 Å². The van der Waals surface area contributed by atoms with Crippen LogP contribution in [-0.4, -0.2) is 25.9 Å². The van der Waals surface area contributed by atoms with Crippen LogP contribution in [0.3, 0.4) is 0 Å². The second-order valence-electron chi connectivity index (χ2n) is 6.14. The van der Waals surface area contributed by atoms with Crippen molar-refractivity contribution < 1.29 is 22.7 Å². The van der Waals surface area contributed by atoms with Crippen LogP contribution < -0.4 is 10.5 Å². The van der Waals surface area contributed by atoms with Crippen molar-refractivity contribution in [1.82, 2.24) is 0 Å². The minimum absolute atomic E-state index is 0.0951. The lowest BCUT2D eigenvalue weighted by Crippen LogP contribution is -2.39. The number of hydrogen-bond acceptors (Lipinski definition) is 5. The number of amides is 1. The third kappa shape index (κ3) is 3.63. The summed E-state index contributed by atoms with van der Waals surface area (Å²) in [6.45, 7) is 5.16. The molecule has 1 aliphatic rings. The smallest absolute Gasteiger partial charge is 0.319 e. The van der Waals surface area contributed by atoms with E-state index in [2.05, 4.69) is 5.32 Å². The maximum absolute atomic E-state index is 12.1. The van der Waals surface area contributed by atoms with Gasteiger partial charge in [0.1, 0.15) is 11.5 Å². The number of primary sulfonamides is 1. The van der Waals surface area contributed by atoms with Crippen LogP contribution in [0.15, 0.2) is 23.1 Å². The SMILES string of the molecule is CC(C)(C)OC(=O)C1Cc2ccc(S(N)(=O)=O)cc2NC1=O. The number of fused-ring (bicyclic) bond motifs is 1. The second-order valence-corrected chi connectivity index (χ2v) is 7.70. The van der Waals surface area contributed by atoms with Gasteiger partial charge in [-0.15, -0.1) is 0 Å². The average molecular weight is 326 g/mol. The topological polar surface area (TPSA) is 116 Å². The minimum atomic E-state index is -3.85. The molecule has 1 amide bonds. The van der Waals surface area contributed by atoms with Crippen molar-refractivity contribution in [3.8, 4) is 0 Å². The zero-order valence-corrected chi connectivity index (χ0v) is 13.4. The summed E-state index contributed by atoms with van der Waals surface area (Å²) in [4.78, 5) is 24.0. The molecule has 8 heteroatoms. The maximum atomic E-state index is 12.1. The number of hydrogen-bond donors (Lipinski definition) is 2. The molecule has 0 saturated heterocycles. The molecular formula is C14H18N2O5S. The van der Waals surface area contributed by atoms with Crippen LogP contribution in [-0.2, 0) is 30.8 Å². The Bertz CT molecular complexity index is 734. The van der Waals surface area contributed by atoms with E-state index in [0.717, 1.165) is 0 Å². The number of esters is 1. The molecule has 2 rings (SSSR count). The van der Waals surface area contributed by atoms with Crippen LogP contribution in [0.1, 0.15) is 26.3 Å². The Kier molecular flexibility index (Phi) is 4.01. The van der Waals surface area contributed by atoms with Crippen molar-refractivity contribution in [2.75, 3.05) is 5.32 Å². The fourth-order valence-corrected chi connectivity index (χ4v) is 2.66. The Morgan fingerprint density at radius 1 is 1.36 bits per heavy atom. The molecule has 0 radical (unpaired) electrons. The molecular weight excluding hydrogens is 308 g/mol. The Labute approximate surface area is 128 Å². The van der Waals surface area contributed by atoms with Gasteiger partial charge in [-0.2, -0.15) is 0 Å². The molecule has 0 aliphatic carbocycles. The number of carbonyl (C=O) groups is 2. The van der Waals surface area contributed by atoms with Crippen molar-refractivity contribution in [1.29, 1.82) is 0 Å². The first-order chi connectivity index (χ1) is 9.97. The zero-order chi connectivity index (χ0) is 16.7. The fraction of sp³-hybridized carbons (Fsp3) is 0.429. The minimum Gasteiger partial charge on any atom is -0.459 e. The molecule has 0 aromatic heterocycles. The van der Waals surface area contributed by atoms with Gasteiger partial charge in [0, 0.05) is 5.69 Å². The van der Waals surface area contributed by atoms with E-state index in [9.17, 15) is 18.0 Å². The number of nitrogens with two attached hydrogens (primary N) is 1. The van der Waals surface area contributed by atoms with Crippen molar-refractivity contribution in [3.63, 3.8) is 0 Å². The highest BCUT2D eigenvalue weighted by Gasteiger charge is 2.35. The predicted molar refractivity (Wildman–Crippen MR) is 79.5 cm³/mol. The molecule has 1 heterocycles. The summed E-state index contributed by atoms with van der Waals surface area (Å²) in [7, 11) is -3.85. The van der Waals surface area contributed by atoms with E-state index < -0.39 is 33.4 Å². The molecule has 3 N–H and O–H groups in total. The number of rotatable bonds is 2. The highest BCUT2D eigenvalue weighted by molar-refractivity contribution is 7.89. The molecule has 0 fully saturated rings. The lowest BCUT2D eigenvalue weighted by Gasteiger charge is -2.27. The highest BCUT2D eigenvalue weighted by Crippen LogP contribution is 2.29. The molecule has 120 valence electrons. The lowest BCUT2D eigenvalue weighted by molar-refractivity contribution is -0.161. The van der Waals surface area contributed by atoms with E-state index in [-0.39, 0.29) is 11.3 Å². The summed E-state index contributed by atoms with van der Waals surface area (Å²) in [5.41, 5.74) is 0.314. The number of anilines is 1. The van der Waals surface area contributed by atoms with Crippen LogP contribution in [0.4, 0.5) is 5.69 Å². The third-order valence-corrected chi connectivity index (χ3v) is 4.01. The molecule has 1 aromatic rings. The first-order valence-electron chi connectivity index (χ1n) is 6.67. The summed E-state index contributed by atoms with van der Waals surface area (Å²) in [5, 5.41) is 7.58. The van der Waals surface area contributed by atoms with E-state index >= 15 is 0 Å². The van der Waals surface area contributed by atoms with Crippen molar-refractivity contribution >= 4 is 27.6 Å². The van der Waals surface area contributed by atoms with E-state index in [4.69, 9.17) is 9.88 Å². The van der Waals surface area contributed by atoms with Crippen LogP contribution >= 0.6 is 0 Å². The van der Waals surface area contributed by atoms with Gasteiger partial charge in [0.25, 0.3) is 0 Å². The van der Waals surface area contributed by atoms with Crippen LogP contribution in [0.25, 0.3) is 0 Å². The van der Waals surface area contributed by atoms with Gasteiger partial charge >= 0.3 is 5.97 Å². The average Bonchev–Trinajstić information content (AvgIpc) is 2.33. The summed E-state index contributed by atoms with van der Waals surface area (Å²) in [6, 6.07) is 4.16. The van der Waals surface area contributed by atoms with E-state index in [1.165, 1.54) is 18.2 Å².